The summed E-state index contributed by atoms with van der Waals surface area (Å²) in [7, 11) is 0. The molecule has 0 fully saturated rings. The quantitative estimate of drug-likeness (QED) is 0.593. The van der Waals surface area contributed by atoms with Gasteiger partial charge in [-0.05, 0) is 12.0 Å². The average Bonchev–Trinajstić information content (AvgIpc) is 2.18. The predicted molar refractivity (Wildman–Crippen MR) is 54.3 cm³/mol. The van der Waals surface area contributed by atoms with E-state index in [9.17, 15) is 9.18 Å². The van der Waals surface area contributed by atoms with Gasteiger partial charge in [-0.1, -0.05) is 25.4 Å². The lowest BCUT2D eigenvalue weighted by atomic mass is 10.2. The highest BCUT2D eigenvalue weighted by molar-refractivity contribution is 6.32. The Morgan fingerprint density at radius 1 is 1.67 bits per heavy atom. The van der Waals surface area contributed by atoms with Crippen LogP contribution >= 0.6 is 11.6 Å². The topological polar surface area (TPSA) is 39.2 Å². The van der Waals surface area contributed by atoms with Crippen molar-refractivity contribution in [3.63, 3.8) is 0 Å². The van der Waals surface area contributed by atoms with Crippen LogP contribution in [0.4, 0.5) is 4.39 Å². The Balaban J connectivity index is 2.77. The molecule has 0 saturated carbocycles. The second kappa shape index (κ2) is 5.07. The molecule has 1 heterocycles. The van der Waals surface area contributed by atoms with E-state index in [1.807, 2.05) is 13.8 Å². The van der Waals surface area contributed by atoms with Crippen LogP contribution in [0.3, 0.4) is 0 Å². The summed E-state index contributed by atoms with van der Waals surface area (Å²) in [5, 5.41) is -0.0508. The summed E-state index contributed by atoms with van der Waals surface area (Å²) < 4.78 is 17.7. The normalized spacial score (nSPS) is 10.5. The maximum atomic E-state index is 12.8. The third-order valence-corrected chi connectivity index (χ3v) is 1.87. The Bertz CT molecular complexity index is 368. The van der Waals surface area contributed by atoms with Gasteiger partial charge in [-0.15, -0.1) is 0 Å². The SMILES string of the molecule is CC(C)COC(=O)c1cc(F)cnc1Cl. The minimum atomic E-state index is -0.652. The standard InChI is InChI=1S/C10H11ClFNO2/c1-6(2)5-15-10(14)8-3-7(12)4-13-9(8)11/h3-4,6H,5H2,1-2H3. The Morgan fingerprint density at radius 2 is 2.33 bits per heavy atom. The molecular formula is C10H11ClFNO2. The summed E-state index contributed by atoms with van der Waals surface area (Å²) >= 11 is 5.63. The molecule has 0 atom stereocenters. The zero-order chi connectivity index (χ0) is 11.4. The van der Waals surface area contributed by atoms with Gasteiger partial charge in [0.05, 0.1) is 18.4 Å². The number of pyridine rings is 1. The number of carbonyl (C=O) groups is 1. The molecule has 3 nitrogen and oxygen atoms in total. The average molecular weight is 232 g/mol. The lowest BCUT2D eigenvalue weighted by Gasteiger charge is -2.07. The highest BCUT2D eigenvalue weighted by Crippen LogP contribution is 2.15. The van der Waals surface area contributed by atoms with Crippen molar-refractivity contribution in [1.82, 2.24) is 4.98 Å². The molecule has 1 aromatic rings. The van der Waals surface area contributed by atoms with Gasteiger partial charge in [0.15, 0.2) is 0 Å². The summed E-state index contributed by atoms with van der Waals surface area (Å²) in [6, 6.07) is 1.01. The Hall–Kier alpha value is -1.16. The molecule has 0 bridgehead atoms. The highest BCUT2D eigenvalue weighted by atomic mass is 35.5. The van der Waals surface area contributed by atoms with Gasteiger partial charge >= 0.3 is 5.97 Å². The number of ether oxygens (including phenoxy) is 1. The van der Waals surface area contributed by atoms with Gasteiger partial charge in [0.25, 0.3) is 0 Å². The van der Waals surface area contributed by atoms with Gasteiger partial charge in [0.1, 0.15) is 11.0 Å². The van der Waals surface area contributed by atoms with Crippen molar-refractivity contribution in [2.45, 2.75) is 13.8 Å². The van der Waals surface area contributed by atoms with Crippen molar-refractivity contribution in [1.29, 1.82) is 0 Å². The summed E-state index contributed by atoms with van der Waals surface area (Å²) in [5.74, 6) is -1.05. The fourth-order valence-electron chi connectivity index (χ4n) is 0.886. The van der Waals surface area contributed by atoms with E-state index in [1.165, 1.54) is 0 Å². The first-order chi connectivity index (χ1) is 7.00. The summed E-state index contributed by atoms with van der Waals surface area (Å²) in [6.07, 6.45) is 0.946. The number of esters is 1. The maximum Gasteiger partial charge on any atom is 0.341 e. The van der Waals surface area contributed by atoms with Crippen molar-refractivity contribution >= 4 is 17.6 Å². The molecule has 0 aliphatic heterocycles. The molecule has 15 heavy (non-hydrogen) atoms. The van der Waals surface area contributed by atoms with E-state index in [-0.39, 0.29) is 23.2 Å². The zero-order valence-electron chi connectivity index (χ0n) is 8.46. The number of rotatable bonds is 3. The van der Waals surface area contributed by atoms with Crippen molar-refractivity contribution in [2.75, 3.05) is 6.61 Å². The number of halogens is 2. The van der Waals surface area contributed by atoms with E-state index >= 15 is 0 Å². The molecule has 0 aliphatic rings. The van der Waals surface area contributed by atoms with Crippen molar-refractivity contribution in [2.24, 2.45) is 5.92 Å². The van der Waals surface area contributed by atoms with Crippen LogP contribution in [0.25, 0.3) is 0 Å². The van der Waals surface area contributed by atoms with Gasteiger partial charge in [0, 0.05) is 0 Å². The van der Waals surface area contributed by atoms with Crippen molar-refractivity contribution in [3.05, 3.63) is 28.8 Å². The molecule has 0 aromatic carbocycles. The molecule has 5 heteroatoms. The van der Waals surface area contributed by atoms with E-state index in [0.717, 1.165) is 12.3 Å². The van der Waals surface area contributed by atoms with E-state index in [2.05, 4.69) is 4.98 Å². The fourth-order valence-corrected chi connectivity index (χ4v) is 1.07. The predicted octanol–water partition coefficient (Wildman–Crippen LogP) is 2.69. The van der Waals surface area contributed by atoms with Gasteiger partial charge in [-0.25, -0.2) is 14.2 Å². The fraction of sp³-hybridized carbons (Fsp3) is 0.400. The third kappa shape index (κ3) is 3.47. The van der Waals surface area contributed by atoms with Gasteiger partial charge < -0.3 is 4.74 Å². The van der Waals surface area contributed by atoms with Crippen LogP contribution in [-0.4, -0.2) is 17.6 Å². The molecule has 0 unspecified atom stereocenters. The van der Waals surface area contributed by atoms with E-state index < -0.39 is 11.8 Å². The number of aromatic nitrogens is 1. The van der Waals surface area contributed by atoms with Crippen LogP contribution in [0.2, 0.25) is 5.15 Å². The van der Waals surface area contributed by atoms with E-state index in [1.54, 1.807) is 0 Å². The minimum absolute atomic E-state index is 0.0442. The second-order valence-electron chi connectivity index (χ2n) is 3.48. The molecular weight excluding hydrogens is 221 g/mol. The van der Waals surface area contributed by atoms with Gasteiger partial charge in [-0.2, -0.15) is 0 Å². The maximum absolute atomic E-state index is 12.8. The Kier molecular flexibility index (Phi) is 4.03. The van der Waals surface area contributed by atoms with Crippen LogP contribution in [-0.2, 0) is 4.74 Å². The van der Waals surface area contributed by atoms with Crippen LogP contribution in [0.15, 0.2) is 12.3 Å². The van der Waals surface area contributed by atoms with Crippen molar-refractivity contribution in [3.8, 4) is 0 Å². The lowest BCUT2D eigenvalue weighted by molar-refractivity contribution is 0.0458. The summed E-state index contributed by atoms with van der Waals surface area (Å²) in [4.78, 5) is 14.9. The lowest BCUT2D eigenvalue weighted by Crippen LogP contribution is -2.11. The summed E-state index contributed by atoms with van der Waals surface area (Å²) in [6.45, 7) is 4.07. The van der Waals surface area contributed by atoms with Gasteiger partial charge in [0.2, 0.25) is 0 Å². The Morgan fingerprint density at radius 3 is 2.93 bits per heavy atom. The second-order valence-corrected chi connectivity index (χ2v) is 3.84. The molecule has 82 valence electrons. The molecule has 0 aliphatic carbocycles. The monoisotopic (exact) mass is 231 g/mol. The van der Waals surface area contributed by atoms with Crippen molar-refractivity contribution < 1.29 is 13.9 Å². The number of carbonyl (C=O) groups excluding carboxylic acids is 1. The smallest absolute Gasteiger partial charge is 0.341 e. The van der Waals surface area contributed by atoms with Gasteiger partial charge in [-0.3, -0.25) is 0 Å². The van der Waals surface area contributed by atoms with Crippen LogP contribution in [0, 0.1) is 11.7 Å². The van der Waals surface area contributed by atoms with Crippen LogP contribution in [0.1, 0.15) is 24.2 Å². The largest absolute Gasteiger partial charge is 0.462 e. The molecule has 0 amide bonds. The number of hydrogen-bond acceptors (Lipinski definition) is 3. The highest BCUT2D eigenvalue weighted by Gasteiger charge is 2.14. The first-order valence-corrected chi connectivity index (χ1v) is 4.86. The molecule has 1 rings (SSSR count). The number of nitrogens with zero attached hydrogens (tertiary/aromatic N) is 1. The van der Waals surface area contributed by atoms with E-state index in [0.29, 0.717) is 0 Å². The summed E-state index contributed by atoms with van der Waals surface area (Å²) in [5.41, 5.74) is -0.0442. The first-order valence-electron chi connectivity index (χ1n) is 4.49. The molecule has 1 aromatic heterocycles. The van der Waals surface area contributed by atoms with E-state index in [4.69, 9.17) is 16.3 Å². The number of hydrogen-bond donors (Lipinski definition) is 0. The Labute approximate surface area is 92.2 Å². The molecule has 0 radical (unpaired) electrons. The third-order valence-electron chi connectivity index (χ3n) is 1.57. The first kappa shape index (κ1) is 11.9. The molecule has 0 N–H and O–H groups in total. The molecule has 0 spiro atoms. The minimum Gasteiger partial charge on any atom is -0.462 e. The van der Waals surface area contributed by atoms with Crippen LogP contribution < -0.4 is 0 Å². The zero-order valence-corrected chi connectivity index (χ0v) is 9.21. The van der Waals surface area contributed by atoms with Crippen LogP contribution in [0.5, 0.6) is 0 Å². The molecule has 0 saturated heterocycles.